The van der Waals surface area contributed by atoms with E-state index >= 15 is 0 Å². The number of carbonyl (C=O) groups excluding carboxylic acids is 2. The summed E-state index contributed by atoms with van der Waals surface area (Å²) in [6.07, 6.45) is 0.223. The minimum absolute atomic E-state index is 0.223. The van der Waals surface area contributed by atoms with Crippen molar-refractivity contribution < 1.29 is 14.3 Å². The zero-order valence-corrected chi connectivity index (χ0v) is 16.9. The Morgan fingerprint density at radius 1 is 1.00 bits per heavy atom. The number of amides is 2. The molecule has 0 saturated carbocycles. The maximum absolute atomic E-state index is 12.1. The number of benzene rings is 2. The van der Waals surface area contributed by atoms with E-state index in [4.69, 9.17) is 27.9 Å². The van der Waals surface area contributed by atoms with Gasteiger partial charge in [-0.15, -0.1) is 11.3 Å². The SMILES string of the molecule is O=C(Cc1cccs1)NNC(=O)c1ccc(COc2cc(Cl)ccc2Cl)cc1. The molecule has 0 aliphatic heterocycles. The average molecular weight is 435 g/mol. The van der Waals surface area contributed by atoms with Crippen molar-refractivity contribution in [2.75, 3.05) is 0 Å². The molecule has 3 rings (SSSR count). The van der Waals surface area contributed by atoms with Gasteiger partial charge in [0.05, 0.1) is 11.4 Å². The van der Waals surface area contributed by atoms with E-state index in [1.165, 1.54) is 11.3 Å². The van der Waals surface area contributed by atoms with Crippen molar-refractivity contribution in [1.82, 2.24) is 10.9 Å². The number of nitrogens with one attached hydrogen (secondary N) is 2. The lowest BCUT2D eigenvalue weighted by atomic mass is 10.1. The maximum atomic E-state index is 12.1. The molecular formula is C20H16Cl2N2O3S. The molecule has 8 heteroatoms. The van der Waals surface area contributed by atoms with E-state index in [-0.39, 0.29) is 18.9 Å². The Labute approximate surface area is 176 Å². The number of ether oxygens (including phenoxy) is 1. The van der Waals surface area contributed by atoms with Crippen LogP contribution in [0.4, 0.5) is 0 Å². The number of hydrogen-bond acceptors (Lipinski definition) is 4. The summed E-state index contributed by atoms with van der Waals surface area (Å²) < 4.78 is 5.66. The van der Waals surface area contributed by atoms with Gasteiger partial charge in [-0.05, 0) is 41.3 Å². The van der Waals surface area contributed by atoms with Crippen molar-refractivity contribution in [3.05, 3.63) is 86.0 Å². The highest BCUT2D eigenvalue weighted by Crippen LogP contribution is 2.28. The Kier molecular flexibility index (Phi) is 6.92. The van der Waals surface area contributed by atoms with Gasteiger partial charge < -0.3 is 4.74 Å². The standard InChI is InChI=1S/C20H16Cl2N2O3S/c21-15-7-8-17(22)18(10-15)27-12-13-3-5-14(6-4-13)20(26)24-23-19(25)11-16-2-1-9-28-16/h1-10H,11-12H2,(H,23,25)(H,24,26). The van der Waals surface area contributed by atoms with Crippen LogP contribution in [0.15, 0.2) is 60.0 Å². The Bertz CT molecular complexity index is 960. The Morgan fingerprint density at radius 2 is 1.79 bits per heavy atom. The van der Waals surface area contributed by atoms with Gasteiger partial charge in [0.2, 0.25) is 5.91 Å². The van der Waals surface area contributed by atoms with Crippen molar-refractivity contribution in [3.63, 3.8) is 0 Å². The monoisotopic (exact) mass is 434 g/mol. The number of rotatable bonds is 6. The summed E-state index contributed by atoms with van der Waals surface area (Å²) in [5.74, 6) is -0.187. The van der Waals surface area contributed by atoms with Gasteiger partial charge in [0, 0.05) is 21.5 Å². The van der Waals surface area contributed by atoms with E-state index in [1.54, 1.807) is 42.5 Å². The molecule has 0 aliphatic carbocycles. The molecule has 144 valence electrons. The van der Waals surface area contributed by atoms with Crippen LogP contribution in [0.3, 0.4) is 0 Å². The summed E-state index contributed by atoms with van der Waals surface area (Å²) in [7, 11) is 0. The van der Waals surface area contributed by atoms with Crippen LogP contribution in [0, 0.1) is 0 Å². The molecule has 2 aromatic carbocycles. The maximum Gasteiger partial charge on any atom is 0.269 e. The molecule has 2 amide bonds. The molecule has 0 spiro atoms. The molecule has 1 aromatic heterocycles. The van der Waals surface area contributed by atoms with Crippen LogP contribution in [-0.2, 0) is 17.8 Å². The van der Waals surface area contributed by atoms with Crippen molar-refractivity contribution in [2.24, 2.45) is 0 Å². The van der Waals surface area contributed by atoms with Crippen LogP contribution in [0.2, 0.25) is 10.0 Å². The zero-order chi connectivity index (χ0) is 19.9. The van der Waals surface area contributed by atoms with E-state index in [1.807, 2.05) is 17.5 Å². The second-order valence-corrected chi connectivity index (χ2v) is 7.69. The minimum atomic E-state index is -0.398. The molecular weight excluding hydrogens is 419 g/mol. The molecule has 2 N–H and O–H groups in total. The van der Waals surface area contributed by atoms with Gasteiger partial charge in [0.1, 0.15) is 12.4 Å². The fourth-order valence-corrected chi connectivity index (χ4v) is 3.35. The van der Waals surface area contributed by atoms with Crippen LogP contribution in [0.1, 0.15) is 20.8 Å². The summed E-state index contributed by atoms with van der Waals surface area (Å²) in [6.45, 7) is 0.277. The Hall–Kier alpha value is -2.54. The molecule has 0 fully saturated rings. The fraction of sp³-hybridized carbons (Fsp3) is 0.100. The smallest absolute Gasteiger partial charge is 0.269 e. The summed E-state index contributed by atoms with van der Waals surface area (Å²) in [6, 6.07) is 15.6. The van der Waals surface area contributed by atoms with Gasteiger partial charge in [-0.2, -0.15) is 0 Å². The van der Waals surface area contributed by atoms with E-state index in [0.29, 0.717) is 21.4 Å². The molecule has 0 unspecified atom stereocenters. The van der Waals surface area contributed by atoms with E-state index in [2.05, 4.69) is 10.9 Å². The predicted molar refractivity (Wildman–Crippen MR) is 111 cm³/mol. The number of hydrazine groups is 1. The van der Waals surface area contributed by atoms with Crippen LogP contribution in [0.25, 0.3) is 0 Å². The Balaban J connectivity index is 1.49. The van der Waals surface area contributed by atoms with E-state index in [9.17, 15) is 9.59 Å². The second kappa shape index (κ2) is 9.59. The van der Waals surface area contributed by atoms with Gasteiger partial charge >= 0.3 is 0 Å². The molecule has 0 atom stereocenters. The highest BCUT2D eigenvalue weighted by molar-refractivity contribution is 7.10. The highest BCUT2D eigenvalue weighted by Gasteiger charge is 2.09. The first-order chi connectivity index (χ1) is 13.5. The number of carbonyl (C=O) groups is 2. The molecule has 3 aromatic rings. The van der Waals surface area contributed by atoms with Gasteiger partial charge in [0.15, 0.2) is 0 Å². The molecule has 0 saturated heterocycles. The normalized spacial score (nSPS) is 10.4. The first-order valence-corrected chi connectivity index (χ1v) is 9.93. The van der Waals surface area contributed by atoms with Gasteiger partial charge in [-0.1, -0.05) is 41.4 Å². The largest absolute Gasteiger partial charge is 0.487 e. The van der Waals surface area contributed by atoms with Crippen LogP contribution >= 0.6 is 34.5 Å². The van der Waals surface area contributed by atoms with Crippen molar-refractivity contribution in [2.45, 2.75) is 13.0 Å². The quantitative estimate of drug-likeness (QED) is 0.555. The number of halogens is 2. The summed E-state index contributed by atoms with van der Waals surface area (Å²) in [5, 5.41) is 2.90. The molecule has 0 bridgehead atoms. The van der Waals surface area contributed by atoms with Crippen molar-refractivity contribution >= 4 is 46.4 Å². The Morgan fingerprint density at radius 3 is 2.50 bits per heavy atom. The summed E-state index contributed by atoms with van der Waals surface area (Å²) in [5.41, 5.74) is 6.09. The second-order valence-electron chi connectivity index (χ2n) is 5.82. The third-order valence-electron chi connectivity index (χ3n) is 3.73. The third kappa shape index (κ3) is 5.73. The lowest BCUT2D eigenvalue weighted by Crippen LogP contribution is -2.42. The first kappa shape index (κ1) is 20.2. The van der Waals surface area contributed by atoms with Gasteiger partial charge in [0.25, 0.3) is 5.91 Å². The third-order valence-corrected chi connectivity index (χ3v) is 5.16. The fourth-order valence-electron chi connectivity index (χ4n) is 2.32. The average Bonchev–Trinajstić information content (AvgIpc) is 3.20. The van der Waals surface area contributed by atoms with Gasteiger partial charge in [-0.3, -0.25) is 20.4 Å². The van der Waals surface area contributed by atoms with Crippen LogP contribution in [-0.4, -0.2) is 11.8 Å². The minimum Gasteiger partial charge on any atom is -0.487 e. The molecule has 0 radical (unpaired) electrons. The zero-order valence-electron chi connectivity index (χ0n) is 14.6. The van der Waals surface area contributed by atoms with E-state index < -0.39 is 5.91 Å². The summed E-state index contributed by atoms with van der Waals surface area (Å²) >= 11 is 13.5. The molecule has 0 aliphatic rings. The topological polar surface area (TPSA) is 67.4 Å². The lowest BCUT2D eigenvalue weighted by Gasteiger charge is -2.10. The molecule has 5 nitrogen and oxygen atoms in total. The molecule has 28 heavy (non-hydrogen) atoms. The lowest BCUT2D eigenvalue weighted by molar-refractivity contribution is -0.121. The predicted octanol–water partition coefficient (Wildman–Crippen LogP) is 4.64. The first-order valence-electron chi connectivity index (χ1n) is 8.29. The number of thiophene rings is 1. The van der Waals surface area contributed by atoms with Gasteiger partial charge in [-0.25, -0.2) is 0 Å². The molecule has 1 heterocycles. The van der Waals surface area contributed by atoms with E-state index in [0.717, 1.165) is 10.4 Å². The van der Waals surface area contributed by atoms with Crippen molar-refractivity contribution in [1.29, 1.82) is 0 Å². The summed E-state index contributed by atoms with van der Waals surface area (Å²) in [4.78, 5) is 24.9. The van der Waals surface area contributed by atoms with Crippen LogP contribution < -0.4 is 15.6 Å². The highest BCUT2D eigenvalue weighted by atomic mass is 35.5. The van der Waals surface area contributed by atoms with Crippen molar-refractivity contribution in [3.8, 4) is 5.75 Å². The number of hydrogen-bond donors (Lipinski definition) is 2. The van der Waals surface area contributed by atoms with Crippen LogP contribution in [0.5, 0.6) is 5.75 Å².